The minimum atomic E-state index is -3.87. The number of benzene rings is 2. The van der Waals surface area contributed by atoms with Gasteiger partial charge in [0, 0.05) is 29.2 Å². The predicted molar refractivity (Wildman–Crippen MR) is 139 cm³/mol. The van der Waals surface area contributed by atoms with Gasteiger partial charge in [-0.3, -0.25) is 13.9 Å². The second-order valence-electron chi connectivity index (χ2n) is 8.39. The Labute approximate surface area is 221 Å². The number of rotatable bonds is 11. The van der Waals surface area contributed by atoms with Gasteiger partial charge in [-0.05, 0) is 43.2 Å². The second kappa shape index (κ2) is 12.0. The van der Waals surface area contributed by atoms with E-state index in [1.165, 1.54) is 17.0 Å². The van der Waals surface area contributed by atoms with Crippen molar-refractivity contribution in [2.24, 2.45) is 0 Å². The molecular weight excluding hydrogens is 529 g/mol. The van der Waals surface area contributed by atoms with E-state index in [0.717, 1.165) is 23.4 Å². The molecule has 36 heavy (non-hydrogen) atoms. The van der Waals surface area contributed by atoms with Crippen LogP contribution in [0.1, 0.15) is 32.3 Å². The number of hydrogen-bond donors (Lipinski definition) is 1. The summed E-state index contributed by atoms with van der Waals surface area (Å²) in [6, 6.07) is 8.56. The highest BCUT2D eigenvalue weighted by molar-refractivity contribution is 7.92. The number of sulfonamides is 1. The van der Waals surface area contributed by atoms with Crippen LogP contribution in [0.4, 0.5) is 5.69 Å². The summed E-state index contributed by atoms with van der Waals surface area (Å²) in [5.41, 5.74) is 0.802. The van der Waals surface area contributed by atoms with E-state index in [1.807, 2.05) is 6.92 Å². The van der Waals surface area contributed by atoms with Crippen LogP contribution in [-0.4, -0.2) is 57.3 Å². The Hall–Kier alpha value is -2.69. The van der Waals surface area contributed by atoms with E-state index < -0.39 is 28.5 Å². The number of hydrogen-bond acceptors (Lipinski definition) is 6. The van der Waals surface area contributed by atoms with Crippen molar-refractivity contribution < 1.29 is 27.5 Å². The van der Waals surface area contributed by atoms with E-state index in [-0.39, 0.29) is 24.9 Å². The minimum absolute atomic E-state index is 0.0179. The van der Waals surface area contributed by atoms with Gasteiger partial charge in [0.2, 0.25) is 28.6 Å². The lowest BCUT2D eigenvalue weighted by molar-refractivity contribution is -0.139. The number of ether oxygens (including phenoxy) is 2. The third kappa shape index (κ3) is 6.96. The van der Waals surface area contributed by atoms with Gasteiger partial charge in [0.15, 0.2) is 11.5 Å². The number of carbonyl (C=O) groups excluding carboxylic acids is 2. The van der Waals surface area contributed by atoms with Crippen LogP contribution in [-0.2, 0) is 26.2 Å². The van der Waals surface area contributed by atoms with Gasteiger partial charge in [-0.1, -0.05) is 42.6 Å². The third-order valence-electron chi connectivity index (χ3n) is 5.68. The minimum Gasteiger partial charge on any atom is -0.454 e. The molecule has 12 heteroatoms. The highest BCUT2D eigenvalue weighted by atomic mass is 35.5. The Kier molecular flexibility index (Phi) is 9.32. The van der Waals surface area contributed by atoms with Crippen LogP contribution in [0, 0.1) is 0 Å². The van der Waals surface area contributed by atoms with Gasteiger partial charge in [-0.25, -0.2) is 8.42 Å². The van der Waals surface area contributed by atoms with Gasteiger partial charge >= 0.3 is 0 Å². The fourth-order valence-electron chi connectivity index (χ4n) is 3.61. The summed E-state index contributed by atoms with van der Waals surface area (Å²) in [6.07, 6.45) is 2.70. The summed E-state index contributed by atoms with van der Waals surface area (Å²) in [5.74, 6) is -0.0740. The molecule has 0 bridgehead atoms. The van der Waals surface area contributed by atoms with Crippen LogP contribution in [0.25, 0.3) is 0 Å². The molecule has 0 saturated carbocycles. The number of nitrogens with one attached hydrogen (secondary N) is 1. The van der Waals surface area contributed by atoms with Crippen molar-refractivity contribution in [2.75, 3.05) is 30.4 Å². The van der Waals surface area contributed by atoms with Crippen molar-refractivity contribution in [3.05, 3.63) is 52.0 Å². The second-order valence-corrected chi connectivity index (χ2v) is 11.1. The van der Waals surface area contributed by atoms with Gasteiger partial charge in [0.1, 0.15) is 12.6 Å². The quantitative estimate of drug-likeness (QED) is 0.421. The van der Waals surface area contributed by atoms with Gasteiger partial charge in [-0.15, -0.1) is 0 Å². The number of amides is 2. The highest BCUT2D eigenvalue weighted by Crippen LogP contribution is 2.36. The largest absolute Gasteiger partial charge is 0.454 e. The van der Waals surface area contributed by atoms with Crippen LogP contribution >= 0.6 is 23.2 Å². The van der Waals surface area contributed by atoms with Crippen molar-refractivity contribution in [3.8, 4) is 11.5 Å². The van der Waals surface area contributed by atoms with Crippen LogP contribution in [0.3, 0.4) is 0 Å². The van der Waals surface area contributed by atoms with Gasteiger partial charge in [0.25, 0.3) is 0 Å². The van der Waals surface area contributed by atoms with Gasteiger partial charge in [0.05, 0.1) is 11.9 Å². The summed E-state index contributed by atoms with van der Waals surface area (Å²) in [4.78, 5) is 27.7. The van der Waals surface area contributed by atoms with Gasteiger partial charge < -0.3 is 19.7 Å². The molecule has 1 atom stereocenters. The molecule has 0 aliphatic carbocycles. The molecular formula is C24H29Cl2N3O6S. The number of carbonyl (C=O) groups is 2. The molecule has 0 radical (unpaired) electrons. The smallest absolute Gasteiger partial charge is 0.244 e. The SMILES string of the molecule is CCCCNC(=O)C(C)N(Cc1ccc(Cl)cc1Cl)C(=O)CN(c1ccc2c(c1)OCO2)S(C)(=O)=O. The number of fused-ring (bicyclic) bond motifs is 1. The predicted octanol–water partition coefficient (Wildman–Crippen LogP) is 3.82. The molecule has 9 nitrogen and oxygen atoms in total. The molecule has 1 aliphatic heterocycles. The maximum absolute atomic E-state index is 13.6. The average Bonchev–Trinajstić information content (AvgIpc) is 3.28. The summed E-state index contributed by atoms with van der Waals surface area (Å²) >= 11 is 12.3. The van der Waals surface area contributed by atoms with E-state index in [2.05, 4.69) is 5.32 Å². The Bertz CT molecular complexity index is 1220. The molecule has 0 saturated heterocycles. The van der Waals surface area contributed by atoms with Crippen molar-refractivity contribution in [1.29, 1.82) is 0 Å². The summed E-state index contributed by atoms with van der Waals surface area (Å²) in [6.45, 7) is 3.54. The van der Waals surface area contributed by atoms with Crippen molar-refractivity contribution in [3.63, 3.8) is 0 Å². The highest BCUT2D eigenvalue weighted by Gasteiger charge is 2.31. The fraction of sp³-hybridized carbons (Fsp3) is 0.417. The first kappa shape index (κ1) is 27.9. The molecule has 1 aliphatic rings. The summed E-state index contributed by atoms with van der Waals surface area (Å²) < 4.78 is 37.0. The Morgan fingerprint density at radius 3 is 2.50 bits per heavy atom. The normalized spacial score (nSPS) is 13.2. The van der Waals surface area contributed by atoms with E-state index >= 15 is 0 Å². The first-order chi connectivity index (χ1) is 17.0. The Morgan fingerprint density at radius 2 is 1.83 bits per heavy atom. The molecule has 0 fully saturated rings. The fourth-order valence-corrected chi connectivity index (χ4v) is 4.92. The lowest BCUT2D eigenvalue weighted by Crippen LogP contribution is -2.51. The Morgan fingerprint density at radius 1 is 1.11 bits per heavy atom. The van der Waals surface area contributed by atoms with Crippen LogP contribution in [0.5, 0.6) is 11.5 Å². The number of anilines is 1. The molecule has 1 N–H and O–H groups in total. The first-order valence-corrected chi connectivity index (χ1v) is 14.0. The van der Waals surface area contributed by atoms with Crippen molar-refractivity contribution in [1.82, 2.24) is 10.2 Å². The lowest BCUT2D eigenvalue weighted by atomic mass is 10.1. The molecule has 2 amide bonds. The monoisotopic (exact) mass is 557 g/mol. The zero-order chi connectivity index (χ0) is 26.5. The molecule has 1 heterocycles. The lowest BCUT2D eigenvalue weighted by Gasteiger charge is -2.31. The molecule has 0 spiro atoms. The van der Waals surface area contributed by atoms with E-state index in [9.17, 15) is 18.0 Å². The standard InChI is InChI=1S/C24H29Cl2N3O6S/c1-4-5-10-27-24(31)16(2)28(13-17-6-7-18(25)11-20(17)26)23(30)14-29(36(3,32)33)19-8-9-21-22(12-19)35-15-34-21/h6-9,11-12,16H,4-5,10,13-15H2,1-3H3,(H,27,31). The third-order valence-corrected chi connectivity index (χ3v) is 7.40. The van der Waals surface area contributed by atoms with E-state index in [1.54, 1.807) is 31.2 Å². The van der Waals surface area contributed by atoms with Crippen LogP contribution in [0.15, 0.2) is 36.4 Å². The maximum Gasteiger partial charge on any atom is 0.244 e. The molecule has 2 aromatic rings. The van der Waals surface area contributed by atoms with Crippen LogP contribution < -0.4 is 19.1 Å². The molecule has 196 valence electrons. The topological polar surface area (TPSA) is 105 Å². The number of halogens is 2. The summed E-state index contributed by atoms with van der Waals surface area (Å²) in [5, 5.41) is 3.58. The molecule has 2 aromatic carbocycles. The average molecular weight is 558 g/mol. The number of nitrogens with zero attached hydrogens (tertiary/aromatic N) is 2. The Balaban J connectivity index is 1.90. The molecule has 3 rings (SSSR count). The maximum atomic E-state index is 13.6. The summed E-state index contributed by atoms with van der Waals surface area (Å²) in [7, 11) is -3.87. The van der Waals surface area contributed by atoms with E-state index in [0.29, 0.717) is 33.7 Å². The van der Waals surface area contributed by atoms with Crippen molar-refractivity contribution in [2.45, 2.75) is 39.3 Å². The molecule has 0 aromatic heterocycles. The zero-order valence-corrected chi connectivity index (χ0v) is 22.6. The molecule has 1 unspecified atom stereocenters. The van der Waals surface area contributed by atoms with E-state index in [4.69, 9.17) is 32.7 Å². The first-order valence-electron chi connectivity index (χ1n) is 11.4. The number of unbranched alkanes of at least 4 members (excludes halogenated alkanes) is 1. The van der Waals surface area contributed by atoms with Crippen LogP contribution in [0.2, 0.25) is 10.0 Å². The van der Waals surface area contributed by atoms with Crippen molar-refractivity contribution >= 4 is 50.7 Å². The zero-order valence-electron chi connectivity index (χ0n) is 20.3. The van der Waals surface area contributed by atoms with Gasteiger partial charge in [-0.2, -0.15) is 0 Å².